The minimum atomic E-state index is -1.56. The summed E-state index contributed by atoms with van der Waals surface area (Å²) in [5.74, 6) is -2.86. The van der Waals surface area contributed by atoms with Crippen molar-refractivity contribution in [1.82, 2.24) is 5.32 Å². The molecule has 0 amide bonds. The van der Waals surface area contributed by atoms with Gasteiger partial charge in [-0.1, -0.05) is 12.5 Å². The average molecular weight is 539 g/mol. The van der Waals surface area contributed by atoms with Crippen molar-refractivity contribution >= 4 is 39.7 Å². The number of hydrogen-bond donors (Lipinski definition) is 3. The number of aliphatic imine (C=N–C) groups is 1. The maximum atomic E-state index is 15.0. The normalized spacial score (nSPS) is 23.4. The summed E-state index contributed by atoms with van der Waals surface area (Å²) in [5, 5.41) is 17.7. The third kappa shape index (κ3) is 4.42. The predicted octanol–water partition coefficient (Wildman–Crippen LogP) is 5.20. The smallest absolute Gasteiger partial charge is 0.182 e. The van der Waals surface area contributed by atoms with E-state index < -0.39 is 23.1 Å². The number of allylic oxidation sites excluding steroid dienone is 2. The second-order valence-electron chi connectivity index (χ2n) is 7.54. The Balaban J connectivity index is 1.84. The minimum Gasteiger partial charge on any atom is -0.378 e. The molecule has 2 atom stereocenters. The Morgan fingerprint density at radius 2 is 1.94 bits per heavy atom. The van der Waals surface area contributed by atoms with Crippen LogP contribution in [0, 0.1) is 21.0 Å². The van der Waals surface area contributed by atoms with Gasteiger partial charge in [0, 0.05) is 21.4 Å². The van der Waals surface area contributed by atoms with Crippen LogP contribution in [-0.4, -0.2) is 29.0 Å². The zero-order chi connectivity index (χ0) is 22.0. The summed E-state index contributed by atoms with van der Waals surface area (Å²) in [6.45, 7) is 0.734. The number of benzene rings is 2. The van der Waals surface area contributed by atoms with Crippen LogP contribution >= 0.6 is 22.6 Å². The Bertz CT molecular complexity index is 1080. The summed E-state index contributed by atoms with van der Waals surface area (Å²) < 4.78 is 44.3. The minimum absolute atomic E-state index is 0.00852. The van der Waals surface area contributed by atoms with Gasteiger partial charge in [0.2, 0.25) is 0 Å². The third-order valence-electron chi connectivity index (χ3n) is 5.51. The van der Waals surface area contributed by atoms with Gasteiger partial charge in [0.1, 0.15) is 11.4 Å². The molecule has 0 aromatic heterocycles. The van der Waals surface area contributed by atoms with Crippen LogP contribution in [0.1, 0.15) is 24.8 Å². The zero-order valence-corrected chi connectivity index (χ0v) is 18.7. The second kappa shape index (κ2) is 9.13. The number of nitrogens with zero attached hydrogens (tertiary/aromatic N) is 1. The van der Waals surface area contributed by atoms with E-state index in [1.54, 1.807) is 24.3 Å². The van der Waals surface area contributed by atoms with Gasteiger partial charge >= 0.3 is 0 Å². The first-order valence-electron chi connectivity index (χ1n) is 9.99. The first-order valence-corrected chi connectivity index (χ1v) is 11.1. The molecule has 0 bridgehead atoms. The average Bonchev–Trinajstić information content (AvgIpc) is 2.96. The molecule has 2 aliphatic heterocycles. The van der Waals surface area contributed by atoms with E-state index in [0.717, 1.165) is 25.5 Å². The number of aliphatic hydroxyl groups is 1. The lowest BCUT2D eigenvalue weighted by Gasteiger charge is -2.38. The Labute approximate surface area is 192 Å². The highest BCUT2D eigenvalue weighted by Crippen LogP contribution is 2.34. The molecule has 1 fully saturated rings. The van der Waals surface area contributed by atoms with Crippen LogP contribution in [0.4, 0.5) is 24.5 Å². The van der Waals surface area contributed by atoms with Crippen LogP contribution < -0.4 is 10.6 Å². The lowest BCUT2D eigenvalue weighted by atomic mass is 9.80. The van der Waals surface area contributed by atoms with Gasteiger partial charge in [-0.05, 0) is 84.5 Å². The number of rotatable bonds is 4. The van der Waals surface area contributed by atoms with Crippen molar-refractivity contribution in [3.05, 3.63) is 81.3 Å². The van der Waals surface area contributed by atoms with Crippen molar-refractivity contribution in [3.8, 4) is 0 Å². The summed E-state index contributed by atoms with van der Waals surface area (Å²) in [6, 6.07) is 6.37. The van der Waals surface area contributed by atoms with E-state index >= 15 is 0 Å². The molecule has 2 aromatic rings. The van der Waals surface area contributed by atoms with E-state index in [0.29, 0.717) is 9.99 Å². The highest BCUT2D eigenvalue weighted by Gasteiger charge is 2.42. The van der Waals surface area contributed by atoms with Crippen molar-refractivity contribution in [3.63, 3.8) is 0 Å². The molecular weight excluding hydrogens is 518 g/mol. The summed E-state index contributed by atoms with van der Waals surface area (Å²) in [7, 11) is 0. The van der Waals surface area contributed by atoms with Gasteiger partial charge in [-0.15, -0.1) is 0 Å². The molecule has 31 heavy (non-hydrogen) atoms. The standard InChI is InChI=1S/C23H21F3IN3O/c24-16-8-7-15(21(20(16)26)30-18-9-6-14(27)13-17(18)25)22-23(31,10-2-4-12-29-22)19-5-1-3-11-28-19/h2,4,6-10,12-13,19,28,30-31H,1,3,5,11H2/t19-,23?/m0/s1. The molecule has 1 saturated heterocycles. The molecule has 0 radical (unpaired) electrons. The van der Waals surface area contributed by atoms with E-state index in [4.69, 9.17) is 0 Å². The van der Waals surface area contributed by atoms with Gasteiger partial charge in [-0.25, -0.2) is 13.2 Å². The SMILES string of the molecule is OC1([C@@H]2CCCCN2)C=CC=CN=C1c1ccc(F)c(F)c1Nc1ccc(I)cc1F. The monoisotopic (exact) mass is 539 g/mol. The molecule has 1 unspecified atom stereocenters. The number of halogens is 4. The molecule has 0 spiro atoms. The van der Waals surface area contributed by atoms with E-state index in [1.807, 2.05) is 22.6 Å². The van der Waals surface area contributed by atoms with E-state index in [9.17, 15) is 18.3 Å². The first-order chi connectivity index (χ1) is 14.9. The maximum absolute atomic E-state index is 15.0. The van der Waals surface area contributed by atoms with Crippen molar-refractivity contribution < 1.29 is 18.3 Å². The highest BCUT2D eigenvalue weighted by atomic mass is 127. The third-order valence-corrected chi connectivity index (χ3v) is 6.18. The molecule has 8 heteroatoms. The summed E-state index contributed by atoms with van der Waals surface area (Å²) in [5.41, 5.74) is -1.54. The molecule has 3 N–H and O–H groups in total. The van der Waals surface area contributed by atoms with Crippen molar-refractivity contribution in [2.24, 2.45) is 4.99 Å². The lowest BCUT2D eigenvalue weighted by Crippen LogP contribution is -2.56. The molecule has 0 aliphatic carbocycles. The zero-order valence-electron chi connectivity index (χ0n) is 16.5. The molecule has 2 aromatic carbocycles. The quantitative estimate of drug-likeness (QED) is 0.469. The van der Waals surface area contributed by atoms with E-state index in [-0.39, 0.29) is 28.7 Å². The van der Waals surface area contributed by atoms with Crippen LogP contribution in [0.3, 0.4) is 0 Å². The number of piperidine rings is 1. The molecule has 2 aliphatic rings. The van der Waals surface area contributed by atoms with Gasteiger partial charge in [-0.2, -0.15) is 0 Å². The molecule has 4 rings (SSSR count). The highest BCUT2D eigenvalue weighted by molar-refractivity contribution is 14.1. The molecule has 0 saturated carbocycles. The molecule has 2 heterocycles. The molecule has 4 nitrogen and oxygen atoms in total. The fourth-order valence-corrected chi connectivity index (χ4v) is 4.39. The maximum Gasteiger partial charge on any atom is 0.182 e. The number of hydrogen-bond acceptors (Lipinski definition) is 4. The second-order valence-corrected chi connectivity index (χ2v) is 8.78. The van der Waals surface area contributed by atoms with E-state index in [2.05, 4.69) is 15.6 Å². The van der Waals surface area contributed by atoms with Crippen molar-refractivity contribution in [1.29, 1.82) is 0 Å². The summed E-state index contributed by atoms with van der Waals surface area (Å²) in [4.78, 5) is 4.39. The predicted molar refractivity (Wildman–Crippen MR) is 124 cm³/mol. The van der Waals surface area contributed by atoms with Gasteiger partial charge in [-0.3, -0.25) is 4.99 Å². The fraction of sp³-hybridized carbons (Fsp3) is 0.261. The summed E-state index contributed by atoms with van der Waals surface area (Å²) in [6.07, 6.45) is 9.04. The van der Waals surface area contributed by atoms with Gasteiger partial charge in [0.15, 0.2) is 11.6 Å². The van der Waals surface area contributed by atoms with E-state index in [1.165, 1.54) is 24.4 Å². The topological polar surface area (TPSA) is 56.6 Å². The van der Waals surface area contributed by atoms with Gasteiger partial charge in [0.05, 0.1) is 17.1 Å². The fourth-order valence-electron chi connectivity index (χ4n) is 3.94. The Hall–Kier alpha value is -2.17. The van der Waals surface area contributed by atoms with Crippen LogP contribution in [0.15, 0.2) is 59.8 Å². The van der Waals surface area contributed by atoms with Crippen molar-refractivity contribution in [2.75, 3.05) is 11.9 Å². The Morgan fingerprint density at radius 1 is 1.10 bits per heavy atom. The lowest BCUT2D eigenvalue weighted by molar-refractivity contribution is 0.101. The number of anilines is 2. The number of nitrogens with one attached hydrogen (secondary N) is 2. The van der Waals surface area contributed by atoms with Crippen LogP contribution in [0.2, 0.25) is 0 Å². The van der Waals surface area contributed by atoms with Crippen LogP contribution in [0.25, 0.3) is 0 Å². The largest absolute Gasteiger partial charge is 0.378 e. The molecular formula is C23H21F3IN3O. The van der Waals surface area contributed by atoms with Crippen LogP contribution in [-0.2, 0) is 0 Å². The first kappa shape index (κ1) is 22.0. The van der Waals surface area contributed by atoms with Crippen molar-refractivity contribution in [2.45, 2.75) is 30.9 Å². The molecule has 162 valence electrons. The Morgan fingerprint density at radius 3 is 2.68 bits per heavy atom. The van der Waals surface area contributed by atoms with Crippen LogP contribution in [0.5, 0.6) is 0 Å². The van der Waals surface area contributed by atoms with Gasteiger partial charge < -0.3 is 15.7 Å². The Kier molecular flexibility index (Phi) is 6.49. The summed E-state index contributed by atoms with van der Waals surface area (Å²) >= 11 is 1.96. The van der Waals surface area contributed by atoms with Gasteiger partial charge in [0.25, 0.3) is 0 Å².